The van der Waals surface area contributed by atoms with E-state index in [1.54, 1.807) is 7.11 Å². The Morgan fingerprint density at radius 1 is 1.17 bits per heavy atom. The Balaban J connectivity index is 2.17. The van der Waals surface area contributed by atoms with Gasteiger partial charge >= 0.3 is 0 Å². The normalized spacial score (nSPS) is 47.8. The predicted molar refractivity (Wildman–Crippen MR) is 116 cm³/mol. The van der Waals surface area contributed by atoms with Crippen LogP contribution < -0.4 is 0 Å². The number of ketones is 1. The summed E-state index contributed by atoms with van der Waals surface area (Å²) in [7, 11) is 3.50. The molecule has 0 spiro atoms. The number of rotatable bonds is 6. The van der Waals surface area contributed by atoms with Crippen LogP contribution in [0.5, 0.6) is 0 Å². The molecule has 2 bridgehead atoms. The van der Waals surface area contributed by atoms with Crippen molar-refractivity contribution in [3.8, 4) is 0 Å². The minimum atomic E-state index is -0.495. The van der Waals surface area contributed by atoms with Gasteiger partial charge in [0.05, 0.1) is 12.2 Å². The summed E-state index contributed by atoms with van der Waals surface area (Å²) in [5.41, 5.74) is 0.954. The molecule has 0 aromatic carbocycles. The molecule has 3 saturated carbocycles. The van der Waals surface area contributed by atoms with Crippen LogP contribution in [0.3, 0.4) is 0 Å². The summed E-state index contributed by atoms with van der Waals surface area (Å²) in [6.07, 6.45) is 7.67. The first-order valence-corrected chi connectivity index (χ1v) is 11.6. The van der Waals surface area contributed by atoms with Crippen molar-refractivity contribution in [1.82, 2.24) is 0 Å². The lowest BCUT2D eigenvalue weighted by Gasteiger charge is -2.62. The molecule has 8 atom stereocenters. The van der Waals surface area contributed by atoms with E-state index >= 15 is 0 Å². The van der Waals surface area contributed by atoms with E-state index in [-0.39, 0.29) is 35.7 Å². The SMILES string of the molecule is COCO[C@@H]1C[C@@](C)(C/C=C/Cl)C(=O)[C@H](C)C23CC[C@@H](C)[C@]1(C)C2[C@H](OC)CC3. The average molecular weight is 427 g/mol. The molecule has 3 aliphatic rings. The Hall–Kier alpha value is -0.420. The molecule has 0 heterocycles. The van der Waals surface area contributed by atoms with Crippen LogP contribution in [0.2, 0.25) is 0 Å². The van der Waals surface area contributed by atoms with Gasteiger partial charge in [-0.25, -0.2) is 0 Å². The average Bonchev–Trinajstić information content (AvgIpc) is 3.11. The van der Waals surface area contributed by atoms with Crippen molar-refractivity contribution < 1.29 is 19.0 Å². The lowest BCUT2D eigenvalue weighted by atomic mass is 9.44. The Labute approximate surface area is 181 Å². The number of Topliss-reactive ketones (excluding diaryl/α,β-unsaturated/α-hetero) is 1. The molecular formula is C24H39ClO4. The van der Waals surface area contributed by atoms with Gasteiger partial charge in [-0.15, -0.1) is 0 Å². The zero-order valence-electron chi connectivity index (χ0n) is 19.0. The Kier molecular flexibility index (Phi) is 6.90. The van der Waals surface area contributed by atoms with Crippen LogP contribution in [0.4, 0.5) is 0 Å². The monoisotopic (exact) mass is 426 g/mol. The van der Waals surface area contributed by atoms with Crippen molar-refractivity contribution in [2.75, 3.05) is 21.0 Å². The number of carbonyl (C=O) groups is 1. The van der Waals surface area contributed by atoms with Crippen molar-refractivity contribution in [2.45, 2.75) is 78.4 Å². The minimum Gasteiger partial charge on any atom is -0.381 e. The van der Waals surface area contributed by atoms with Gasteiger partial charge in [0, 0.05) is 36.5 Å². The highest BCUT2D eigenvalue weighted by Gasteiger charge is 2.68. The second kappa shape index (κ2) is 8.61. The molecule has 0 radical (unpaired) electrons. The van der Waals surface area contributed by atoms with E-state index in [1.807, 2.05) is 13.2 Å². The molecule has 0 aromatic heterocycles. The molecule has 2 unspecified atom stereocenters. The van der Waals surface area contributed by atoms with Gasteiger partial charge in [0.1, 0.15) is 12.6 Å². The highest BCUT2D eigenvalue weighted by atomic mass is 35.5. The minimum absolute atomic E-state index is 0.0107. The first-order valence-electron chi connectivity index (χ1n) is 11.1. The predicted octanol–water partition coefficient (Wildman–Crippen LogP) is 5.58. The number of ether oxygens (including phenoxy) is 3. The van der Waals surface area contributed by atoms with Crippen LogP contribution in [-0.2, 0) is 19.0 Å². The maximum atomic E-state index is 14.0. The second-order valence-electron chi connectivity index (χ2n) is 10.3. The van der Waals surface area contributed by atoms with Crippen molar-refractivity contribution in [2.24, 2.45) is 34.0 Å². The zero-order valence-corrected chi connectivity index (χ0v) is 19.8. The summed E-state index contributed by atoms with van der Waals surface area (Å²) in [5.74, 6) is 1.18. The fourth-order valence-electron chi connectivity index (χ4n) is 7.37. The third-order valence-corrected chi connectivity index (χ3v) is 9.37. The van der Waals surface area contributed by atoms with Gasteiger partial charge in [-0.1, -0.05) is 45.4 Å². The third kappa shape index (κ3) is 3.52. The Morgan fingerprint density at radius 2 is 1.86 bits per heavy atom. The Bertz CT molecular complexity index is 636. The first-order chi connectivity index (χ1) is 13.7. The van der Waals surface area contributed by atoms with Crippen LogP contribution in [0, 0.1) is 34.0 Å². The van der Waals surface area contributed by atoms with Crippen LogP contribution >= 0.6 is 11.6 Å². The van der Waals surface area contributed by atoms with E-state index in [0.29, 0.717) is 30.5 Å². The van der Waals surface area contributed by atoms with Gasteiger partial charge in [-0.2, -0.15) is 0 Å². The zero-order chi connectivity index (χ0) is 21.4. The summed E-state index contributed by atoms with van der Waals surface area (Å²) >= 11 is 5.87. The van der Waals surface area contributed by atoms with Gasteiger partial charge in [-0.3, -0.25) is 4.79 Å². The molecule has 0 amide bonds. The molecule has 3 aliphatic carbocycles. The molecule has 29 heavy (non-hydrogen) atoms. The van der Waals surface area contributed by atoms with E-state index in [0.717, 1.165) is 25.7 Å². The third-order valence-electron chi connectivity index (χ3n) is 9.19. The molecule has 3 fully saturated rings. The number of hydrogen-bond donors (Lipinski definition) is 0. The fourth-order valence-corrected chi connectivity index (χ4v) is 7.46. The highest BCUT2D eigenvalue weighted by Crippen LogP contribution is 2.68. The summed E-state index contributed by atoms with van der Waals surface area (Å²) in [4.78, 5) is 14.0. The number of hydrogen-bond acceptors (Lipinski definition) is 4. The Morgan fingerprint density at radius 3 is 2.48 bits per heavy atom. The molecule has 5 heteroatoms. The highest BCUT2D eigenvalue weighted by molar-refractivity contribution is 6.25. The quantitative estimate of drug-likeness (QED) is 0.520. The second-order valence-corrected chi connectivity index (χ2v) is 10.6. The van der Waals surface area contributed by atoms with Gasteiger partial charge < -0.3 is 14.2 Å². The fraction of sp³-hybridized carbons (Fsp3) is 0.875. The molecule has 4 nitrogen and oxygen atoms in total. The smallest absolute Gasteiger partial charge is 0.146 e. The van der Waals surface area contributed by atoms with Crippen molar-refractivity contribution in [3.63, 3.8) is 0 Å². The van der Waals surface area contributed by atoms with E-state index in [2.05, 4.69) is 27.7 Å². The van der Waals surface area contributed by atoms with Crippen molar-refractivity contribution >= 4 is 17.4 Å². The van der Waals surface area contributed by atoms with Crippen LogP contribution in [0.25, 0.3) is 0 Å². The maximum Gasteiger partial charge on any atom is 0.146 e. The van der Waals surface area contributed by atoms with Crippen LogP contribution in [-0.4, -0.2) is 39.0 Å². The number of methoxy groups -OCH3 is 2. The molecule has 0 saturated heterocycles. The molecule has 0 N–H and O–H groups in total. The van der Waals surface area contributed by atoms with Crippen LogP contribution in [0.1, 0.15) is 66.2 Å². The lowest BCUT2D eigenvalue weighted by Crippen LogP contribution is -2.62. The number of allylic oxidation sites excluding steroid dienone is 1. The number of halogens is 1. The van der Waals surface area contributed by atoms with Crippen molar-refractivity contribution in [1.29, 1.82) is 0 Å². The molecule has 166 valence electrons. The van der Waals surface area contributed by atoms with E-state index in [9.17, 15) is 4.79 Å². The summed E-state index contributed by atoms with van der Waals surface area (Å²) in [6, 6.07) is 0. The molecule has 0 aliphatic heterocycles. The standard InChI is InChI=1S/C24H39ClO4/c1-16-8-11-24-12-9-18(28-6)20(24)23(16,4)19(29-15-27-5)14-22(3,10-7-13-25)21(26)17(24)2/h7,13,16-20H,8-12,14-15H2,1-6H3/b13-7+/t16-,17+,18-,19-,20?,22-,23+,24?/m1/s1. The summed E-state index contributed by atoms with van der Waals surface area (Å²) in [5, 5.41) is 0. The largest absolute Gasteiger partial charge is 0.381 e. The van der Waals surface area contributed by atoms with E-state index in [4.69, 9.17) is 25.8 Å². The molecule has 0 aromatic rings. The van der Waals surface area contributed by atoms with E-state index in [1.165, 1.54) is 5.54 Å². The summed E-state index contributed by atoms with van der Waals surface area (Å²) < 4.78 is 17.8. The molecule has 3 rings (SSSR count). The topological polar surface area (TPSA) is 44.8 Å². The first kappa shape index (κ1) is 23.2. The van der Waals surface area contributed by atoms with Gasteiger partial charge in [0.15, 0.2) is 0 Å². The molecular weight excluding hydrogens is 388 g/mol. The van der Waals surface area contributed by atoms with Crippen molar-refractivity contribution in [3.05, 3.63) is 11.6 Å². The summed E-state index contributed by atoms with van der Waals surface area (Å²) in [6.45, 7) is 9.30. The lowest BCUT2D eigenvalue weighted by molar-refractivity contribution is -0.219. The van der Waals surface area contributed by atoms with E-state index < -0.39 is 5.41 Å². The number of carbonyl (C=O) groups excluding carboxylic acids is 1. The maximum absolute atomic E-state index is 14.0. The van der Waals surface area contributed by atoms with Gasteiger partial charge in [-0.05, 0) is 55.8 Å². The van der Waals surface area contributed by atoms with Crippen LogP contribution in [0.15, 0.2) is 11.6 Å². The van der Waals surface area contributed by atoms with Gasteiger partial charge in [0.25, 0.3) is 0 Å². The van der Waals surface area contributed by atoms with Gasteiger partial charge in [0.2, 0.25) is 0 Å².